The average molecular weight is 528 g/mol. The monoisotopic (exact) mass is 527 g/mol. The minimum Gasteiger partial charge on any atom is -0.457 e. The normalized spacial score (nSPS) is 11.9. The van der Waals surface area contributed by atoms with E-state index in [1.165, 1.54) is 0 Å². The van der Waals surface area contributed by atoms with Crippen molar-refractivity contribution in [2.24, 2.45) is 5.73 Å². The quantitative estimate of drug-likeness (QED) is 0.256. The van der Waals surface area contributed by atoms with Crippen molar-refractivity contribution in [2.45, 2.75) is 45.7 Å². The Morgan fingerprint density at radius 3 is 2.21 bits per heavy atom. The van der Waals surface area contributed by atoms with E-state index < -0.39 is 12.1 Å². The maximum Gasteiger partial charge on any atom is 0.324 e. The Morgan fingerprint density at radius 1 is 0.949 bits per heavy atom. The first-order valence-corrected chi connectivity index (χ1v) is 12.6. The molecule has 2 aromatic carbocycles. The van der Waals surface area contributed by atoms with Crippen LogP contribution in [0.5, 0.6) is 11.5 Å². The molecular weight excluding hydrogens is 494 g/mol. The van der Waals surface area contributed by atoms with Crippen LogP contribution in [0.3, 0.4) is 0 Å². The fraction of sp³-hybridized carbons (Fsp3) is 0.241. The second-order valence-corrected chi connectivity index (χ2v) is 10.1. The number of hydrogen-bond donors (Lipinski definition) is 4. The molecular formula is C29H33N7O3. The molecule has 0 radical (unpaired) electrons. The molecule has 1 unspecified atom stereocenters. The van der Waals surface area contributed by atoms with Gasteiger partial charge in [-0.15, -0.1) is 0 Å². The summed E-state index contributed by atoms with van der Waals surface area (Å²) in [6.45, 7) is 8.18. The number of benzene rings is 2. The van der Waals surface area contributed by atoms with Crippen LogP contribution in [0.15, 0.2) is 79.1 Å². The number of rotatable bonds is 8. The number of aromatic nitrogens is 3. The number of urea groups is 1. The van der Waals surface area contributed by atoms with Crippen molar-refractivity contribution in [3.05, 3.63) is 90.4 Å². The summed E-state index contributed by atoms with van der Waals surface area (Å²) < 4.78 is 7.46. The lowest BCUT2D eigenvalue weighted by molar-refractivity contribution is -0.122. The van der Waals surface area contributed by atoms with Gasteiger partial charge < -0.3 is 21.1 Å². The molecule has 4 aromatic rings. The van der Waals surface area contributed by atoms with Crippen molar-refractivity contribution in [3.8, 4) is 17.2 Å². The minimum atomic E-state index is -0.567. The largest absolute Gasteiger partial charge is 0.457 e. The standard InChI is InChI=1S/C29H33N7O3/c1-19(30)27(37)32-18-20-5-9-22(10-6-20)36-26(17-25(35-36)29(2,3)4)34-28(38)33-21-7-11-23(12-8-21)39-24-13-15-31-16-14-24/h5-17,19H,18,30H2,1-4H3,(H,32,37)(H2,33,34,38). The predicted molar refractivity (Wildman–Crippen MR) is 151 cm³/mol. The zero-order valence-corrected chi connectivity index (χ0v) is 22.4. The van der Waals surface area contributed by atoms with Crippen LogP contribution >= 0.6 is 0 Å². The summed E-state index contributed by atoms with van der Waals surface area (Å²) >= 11 is 0. The van der Waals surface area contributed by atoms with E-state index >= 15 is 0 Å². The number of carbonyl (C=O) groups excluding carboxylic acids is 2. The van der Waals surface area contributed by atoms with Gasteiger partial charge in [0.25, 0.3) is 0 Å². The molecule has 0 bridgehead atoms. The molecule has 3 amide bonds. The topological polar surface area (TPSA) is 136 Å². The predicted octanol–water partition coefficient (Wildman–Crippen LogP) is 4.96. The number of nitrogens with two attached hydrogens (primary N) is 1. The van der Waals surface area contributed by atoms with Crippen molar-refractivity contribution in [1.29, 1.82) is 0 Å². The van der Waals surface area contributed by atoms with E-state index in [1.54, 1.807) is 60.4 Å². The average Bonchev–Trinajstić information content (AvgIpc) is 3.33. The number of nitrogens with zero attached hydrogens (tertiary/aromatic N) is 3. The summed E-state index contributed by atoms with van der Waals surface area (Å²) in [6, 6.07) is 19.1. The number of ether oxygens (including phenoxy) is 1. The maximum absolute atomic E-state index is 12.9. The molecule has 2 heterocycles. The van der Waals surface area contributed by atoms with Gasteiger partial charge in [-0.3, -0.25) is 15.1 Å². The molecule has 0 spiro atoms. The van der Waals surface area contributed by atoms with Crippen molar-refractivity contribution in [1.82, 2.24) is 20.1 Å². The van der Waals surface area contributed by atoms with Crippen LogP contribution in [0.4, 0.5) is 16.3 Å². The number of amides is 3. The SMILES string of the molecule is CC(N)C(=O)NCc1ccc(-n2nc(C(C)(C)C)cc2NC(=O)Nc2ccc(Oc3ccncc3)cc2)cc1. The highest BCUT2D eigenvalue weighted by Gasteiger charge is 2.21. The minimum absolute atomic E-state index is 0.214. The molecule has 10 nitrogen and oxygen atoms in total. The summed E-state index contributed by atoms with van der Waals surface area (Å²) in [4.78, 5) is 28.6. The van der Waals surface area contributed by atoms with Crippen LogP contribution in [0.2, 0.25) is 0 Å². The van der Waals surface area contributed by atoms with Crippen molar-refractivity contribution < 1.29 is 14.3 Å². The van der Waals surface area contributed by atoms with Gasteiger partial charge in [0.15, 0.2) is 0 Å². The van der Waals surface area contributed by atoms with Gasteiger partial charge in [0.1, 0.15) is 17.3 Å². The zero-order valence-electron chi connectivity index (χ0n) is 22.4. The molecule has 0 aliphatic heterocycles. The van der Waals surface area contributed by atoms with E-state index in [9.17, 15) is 9.59 Å². The van der Waals surface area contributed by atoms with Gasteiger partial charge in [0.05, 0.1) is 17.4 Å². The molecule has 2 aromatic heterocycles. The number of anilines is 2. The van der Waals surface area contributed by atoms with Crippen molar-refractivity contribution in [3.63, 3.8) is 0 Å². The number of nitrogens with one attached hydrogen (secondary N) is 3. The summed E-state index contributed by atoms with van der Waals surface area (Å²) in [5.74, 6) is 1.62. The second kappa shape index (κ2) is 11.8. The molecule has 0 fully saturated rings. The van der Waals surface area contributed by atoms with E-state index in [1.807, 2.05) is 30.3 Å². The smallest absolute Gasteiger partial charge is 0.324 e. The Labute approximate surface area is 227 Å². The fourth-order valence-electron chi connectivity index (χ4n) is 3.57. The van der Waals surface area contributed by atoms with E-state index in [2.05, 4.69) is 41.7 Å². The van der Waals surface area contributed by atoms with Crippen LogP contribution in [0.25, 0.3) is 5.69 Å². The lowest BCUT2D eigenvalue weighted by Crippen LogP contribution is -2.37. The molecule has 10 heteroatoms. The first-order valence-electron chi connectivity index (χ1n) is 12.6. The third kappa shape index (κ3) is 7.42. The number of hydrogen-bond acceptors (Lipinski definition) is 6. The van der Waals surface area contributed by atoms with Gasteiger partial charge in [-0.25, -0.2) is 9.48 Å². The lowest BCUT2D eigenvalue weighted by Gasteiger charge is -2.14. The van der Waals surface area contributed by atoms with Gasteiger partial charge in [-0.1, -0.05) is 32.9 Å². The summed E-state index contributed by atoms with van der Waals surface area (Å²) in [6.07, 6.45) is 3.31. The van der Waals surface area contributed by atoms with E-state index in [0.29, 0.717) is 29.5 Å². The molecule has 1 atom stereocenters. The molecule has 0 aliphatic rings. The highest BCUT2D eigenvalue weighted by Crippen LogP contribution is 2.27. The van der Waals surface area contributed by atoms with Gasteiger partial charge in [0, 0.05) is 36.1 Å². The van der Waals surface area contributed by atoms with E-state index in [4.69, 9.17) is 15.6 Å². The first-order chi connectivity index (χ1) is 18.6. The Balaban J connectivity index is 1.46. The van der Waals surface area contributed by atoms with Crippen LogP contribution in [-0.2, 0) is 16.8 Å². The van der Waals surface area contributed by atoms with Gasteiger partial charge >= 0.3 is 6.03 Å². The van der Waals surface area contributed by atoms with Crippen molar-refractivity contribution >= 4 is 23.4 Å². The van der Waals surface area contributed by atoms with Crippen LogP contribution in [0, 0.1) is 0 Å². The Kier molecular flexibility index (Phi) is 8.26. The summed E-state index contributed by atoms with van der Waals surface area (Å²) in [5, 5.41) is 13.3. The molecule has 202 valence electrons. The lowest BCUT2D eigenvalue weighted by atomic mass is 9.92. The van der Waals surface area contributed by atoms with Gasteiger partial charge in [-0.2, -0.15) is 5.10 Å². The molecule has 4 rings (SSSR count). The van der Waals surface area contributed by atoms with Crippen LogP contribution in [-0.4, -0.2) is 32.7 Å². The second-order valence-electron chi connectivity index (χ2n) is 10.1. The Bertz CT molecular complexity index is 1410. The van der Waals surface area contributed by atoms with Gasteiger partial charge in [0.2, 0.25) is 5.91 Å². The van der Waals surface area contributed by atoms with Gasteiger partial charge in [-0.05, 0) is 61.0 Å². The molecule has 0 saturated carbocycles. The fourth-order valence-corrected chi connectivity index (χ4v) is 3.57. The molecule has 5 N–H and O–H groups in total. The third-order valence-electron chi connectivity index (χ3n) is 5.78. The Morgan fingerprint density at radius 2 is 1.59 bits per heavy atom. The van der Waals surface area contributed by atoms with Crippen molar-refractivity contribution in [2.75, 3.05) is 10.6 Å². The zero-order chi connectivity index (χ0) is 28.0. The molecule has 39 heavy (non-hydrogen) atoms. The van der Waals surface area contributed by atoms with Crippen LogP contribution in [0.1, 0.15) is 39.0 Å². The summed E-state index contributed by atoms with van der Waals surface area (Å²) in [7, 11) is 0. The van der Waals surface area contributed by atoms with Crippen LogP contribution < -0.4 is 26.4 Å². The molecule has 0 saturated heterocycles. The molecule has 0 aliphatic carbocycles. The number of carbonyl (C=O) groups is 2. The highest BCUT2D eigenvalue weighted by atomic mass is 16.5. The Hall–Kier alpha value is -4.70. The summed E-state index contributed by atoms with van der Waals surface area (Å²) in [5.41, 5.74) is 8.49. The third-order valence-corrected chi connectivity index (χ3v) is 5.78. The maximum atomic E-state index is 12.9. The van der Waals surface area contributed by atoms with E-state index in [0.717, 1.165) is 16.9 Å². The van der Waals surface area contributed by atoms with E-state index in [-0.39, 0.29) is 11.3 Å². The number of pyridine rings is 1. The highest BCUT2D eigenvalue weighted by molar-refractivity contribution is 5.99. The first kappa shape index (κ1) is 27.3.